The van der Waals surface area contributed by atoms with Crippen molar-refractivity contribution in [3.8, 4) is 5.75 Å². The van der Waals surface area contributed by atoms with Gasteiger partial charge in [0.2, 0.25) is 0 Å². The first-order valence-electron chi connectivity index (χ1n) is 8.24. The summed E-state index contributed by atoms with van der Waals surface area (Å²) in [5, 5.41) is 28.5. The van der Waals surface area contributed by atoms with Crippen molar-refractivity contribution in [3.05, 3.63) is 30.0 Å². The number of carbonyl (C=O) groups is 3. The van der Waals surface area contributed by atoms with Crippen LogP contribution in [0.2, 0.25) is 0 Å². The summed E-state index contributed by atoms with van der Waals surface area (Å²) in [6.45, 7) is 0.770. The maximum absolute atomic E-state index is 12.2. The number of likely N-dealkylation sites (N-methyl/N-ethyl adjacent to an activating group) is 1. The van der Waals surface area contributed by atoms with Crippen LogP contribution in [0.1, 0.15) is 18.4 Å². The molecular weight excluding hydrogens is 356 g/mol. The lowest BCUT2D eigenvalue weighted by molar-refractivity contribution is -0.169. The summed E-state index contributed by atoms with van der Waals surface area (Å²) in [5.74, 6) is -4.15. The molecule has 9 nitrogen and oxygen atoms in total. The van der Waals surface area contributed by atoms with Gasteiger partial charge in [-0.15, -0.1) is 0 Å². The van der Waals surface area contributed by atoms with Crippen LogP contribution in [0.5, 0.6) is 5.75 Å². The van der Waals surface area contributed by atoms with Gasteiger partial charge >= 0.3 is 17.9 Å². The summed E-state index contributed by atoms with van der Waals surface area (Å²) in [7, 11) is 3.87. The largest absolute Gasteiger partial charge is 0.481 e. The predicted molar refractivity (Wildman–Crippen MR) is 95.6 cm³/mol. The van der Waals surface area contributed by atoms with Crippen LogP contribution in [0.15, 0.2) is 24.4 Å². The Kier molecular flexibility index (Phi) is 6.19. The number of hydrogen-bond donors (Lipinski definition) is 4. The van der Waals surface area contributed by atoms with Gasteiger partial charge in [-0.25, -0.2) is 4.79 Å². The van der Waals surface area contributed by atoms with Crippen LogP contribution >= 0.6 is 0 Å². The summed E-state index contributed by atoms with van der Waals surface area (Å²) >= 11 is 0. The predicted octanol–water partition coefficient (Wildman–Crippen LogP) is 0.858. The molecule has 2 rings (SSSR count). The molecule has 0 fully saturated rings. The number of fused-ring (bicyclic) bond motifs is 1. The molecular formula is C18H22N2O7. The molecule has 1 atom stereocenters. The Bertz CT molecular complexity index is 859. The van der Waals surface area contributed by atoms with Crippen LogP contribution in [0.4, 0.5) is 0 Å². The van der Waals surface area contributed by atoms with E-state index in [9.17, 15) is 19.5 Å². The van der Waals surface area contributed by atoms with Crippen LogP contribution in [-0.2, 0) is 20.8 Å². The zero-order valence-electron chi connectivity index (χ0n) is 15.1. The van der Waals surface area contributed by atoms with Gasteiger partial charge in [-0.05, 0) is 38.2 Å². The average molecular weight is 378 g/mol. The number of H-pyrrole nitrogens is 1. The van der Waals surface area contributed by atoms with E-state index < -0.39 is 36.4 Å². The van der Waals surface area contributed by atoms with E-state index in [-0.39, 0.29) is 5.75 Å². The van der Waals surface area contributed by atoms with Crippen LogP contribution in [0.25, 0.3) is 10.9 Å². The summed E-state index contributed by atoms with van der Waals surface area (Å²) in [6, 6.07) is 5.03. The van der Waals surface area contributed by atoms with Gasteiger partial charge in [-0.2, -0.15) is 0 Å². The van der Waals surface area contributed by atoms with Gasteiger partial charge in [0.25, 0.3) is 0 Å². The Hall–Kier alpha value is -2.91. The van der Waals surface area contributed by atoms with Crippen molar-refractivity contribution < 1.29 is 34.4 Å². The quantitative estimate of drug-likeness (QED) is 0.372. The summed E-state index contributed by atoms with van der Waals surface area (Å²) in [4.78, 5) is 39.3. The first-order valence-corrected chi connectivity index (χ1v) is 8.24. The number of aromatic amines is 1. The van der Waals surface area contributed by atoms with Gasteiger partial charge in [0.05, 0.1) is 12.8 Å². The van der Waals surface area contributed by atoms with E-state index in [1.54, 1.807) is 12.1 Å². The molecule has 1 aromatic heterocycles. The van der Waals surface area contributed by atoms with Gasteiger partial charge in [-0.3, -0.25) is 9.59 Å². The van der Waals surface area contributed by atoms with Crippen molar-refractivity contribution >= 4 is 28.8 Å². The van der Waals surface area contributed by atoms with Gasteiger partial charge in [0.1, 0.15) is 5.75 Å². The average Bonchev–Trinajstić information content (AvgIpc) is 2.96. The standard InChI is InChI=1S/C18H22N2O7/c1-20(2)7-6-11-10-19-12-4-3-5-13(16(11)12)27-15(23)9-18(26,17(24)25)8-14(21)22/h3-5,10,19,26H,6-9H2,1-2H3,(H,21,22)(H,24,25). The van der Waals surface area contributed by atoms with E-state index in [4.69, 9.17) is 14.9 Å². The lowest BCUT2D eigenvalue weighted by Gasteiger charge is -2.20. The molecule has 0 amide bonds. The van der Waals surface area contributed by atoms with Gasteiger partial charge in [0.15, 0.2) is 5.60 Å². The number of aromatic nitrogens is 1. The molecule has 0 saturated heterocycles. The number of nitrogens with one attached hydrogen (secondary N) is 1. The second-order valence-corrected chi connectivity index (χ2v) is 6.60. The fraction of sp³-hybridized carbons (Fsp3) is 0.389. The molecule has 2 aromatic rings. The molecule has 0 spiro atoms. The molecule has 0 radical (unpaired) electrons. The first kappa shape index (κ1) is 20.4. The molecule has 0 saturated carbocycles. The van der Waals surface area contributed by atoms with Crippen molar-refractivity contribution in [2.24, 2.45) is 0 Å². The normalized spacial score (nSPS) is 13.5. The van der Waals surface area contributed by atoms with Crippen LogP contribution in [-0.4, -0.2) is 69.4 Å². The highest BCUT2D eigenvalue weighted by Gasteiger charge is 2.41. The second-order valence-electron chi connectivity index (χ2n) is 6.60. The van der Waals surface area contributed by atoms with E-state index in [1.165, 1.54) is 0 Å². The lowest BCUT2D eigenvalue weighted by Crippen LogP contribution is -2.43. The first-order chi connectivity index (χ1) is 12.6. The monoisotopic (exact) mass is 378 g/mol. The highest BCUT2D eigenvalue weighted by atomic mass is 16.5. The minimum absolute atomic E-state index is 0.218. The Morgan fingerprint density at radius 2 is 1.89 bits per heavy atom. The third-order valence-electron chi connectivity index (χ3n) is 4.08. The number of rotatable bonds is 9. The summed E-state index contributed by atoms with van der Waals surface area (Å²) < 4.78 is 5.27. The maximum atomic E-state index is 12.2. The molecule has 0 aliphatic heterocycles. The van der Waals surface area contributed by atoms with E-state index in [0.29, 0.717) is 11.8 Å². The second kappa shape index (κ2) is 8.19. The number of nitrogens with zero attached hydrogens (tertiary/aromatic N) is 1. The number of aliphatic hydroxyl groups is 1. The molecule has 146 valence electrons. The smallest absolute Gasteiger partial charge is 0.336 e. The fourth-order valence-electron chi connectivity index (χ4n) is 2.71. The minimum atomic E-state index is -2.73. The van der Waals surface area contributed by atoms with Crippen LogP contribution in [0, 0.1) is 0 Å². The van der Waals surface area contributed by atoms with E-state index in [2.05, 4.69) is 4.98 Å². The Morgan fingerprint density at radius 1 is 1.19 bits per heavy atom. The molecule has 1 unspecified atom stereocenters. The van der Waals surface area contributed by atoms with Crippen molar-refractivity contribution in [3.63, 3.8) is 0 Å². The number of carbonyl (C=O) groups excluding carboxylic acids is 1. The Labute approximate surface area is 155 Å². The number of esters is 1. The SMILES string of the molecule is CN(C)CCc1c[nH]c2cccc(OC(=O)CC(O)(CC(=O)O)C(=O)O)c12. The number of aliphatic carboxylic acids is 2. The number of carboxylic acid groups (broad SMARTS) is 2. The molecule has 1 heterocycles. The highest BCUT2D eigenvalue weighted by Crippen LogP contribution is 2.30. The topological polar surface area (TPSA) is 140 Å². The van der Waals surface area contributed by atoms with Gasteiger partial charge in [-0.1, -0.05) is 6.07 Å². The third-order valence-corrected chi connectivity index (χ3v) is 4.08. The molecule has 4 N–H and O–H groups in total. The van der Waals surface area contributed by atoms with Crippen LogP contribution in [0.3, 0.4) is 0 Å². The number of benzene rings is 1. The van der Waals surface area contributed by atoms with Gasteiger partial charge in [0, 0.05) is 23.6 Å². The summed E-state index contributed by atoms with van der Waals surface area (Å²) in [5.41, 5.74) is -1.07. The third kappa shape index (κ3) is 5.05. The van der Waals surface area contributed by atoms with E-state index >= 15 is 0 Å². The van der Waals surface area contributed by atoms with Crippen molar-refractivity contribution in [2.45, 2.75) is 24.9 Å². The van der Waals surface area contributed by atoms with Crippen LogP contribution < -0.4 is 4.74 Å². The Morgan fingerprint density at radius 3 is 2.48 bits per heavy atom. The fourth-order valence-corrected chi connectivity index (χ4v) is 2.71. The zero-order chi connectivity index (χ0) is 20.2. The Balaban J connectivity index is 2.24. The maximum Gasteiger partial charge on any atom is 0.336 e. The van der Waals surface area contributed by atoms with Crippen molar-refractivity contribution in [2.75, 3.05) is 20.6 Å². The molecule has 9 heteroatoms. The lowest BCUT2D eigenvalue weighted by atomic mass is 9.96. The molecule has 1 aromatic carbocycles. The highest BCUT2D eigenvalue weighted by molar-refractivity contribution is 5.93. The minimum Gasteiger partial charge on any atom is -0.481 e. The van der Waals surface area contributed by atoms with Gasteiger partial charge < -0.3 is 29.9 Å². The van der Waals surface area contributed by atoms with Crippen molar-refractivity contribution in [1.82, 2.24) is 9.88 Å². The molecule has 0 bridgehead atoms. The molecule has 0 aliphatic carbocycles. The number of ether oxygens (including phenoxy) is 1. The number of hydrogen-bond acceptors (Lipinski definition) is 6. The van der Waals surface area contributed by atoms with E-state index in [0.717, 1.165) is 17.6 Å². The van der Waals surface area contributed by atoms with E-state index in [1.807, 2.05) is 31.3 Å². The summed E-state index contributed by atoms with van der Waals surface area (Å²) in [6.07, 6.45) is 0.408. The molecule has 27 heavy (non-hydrogen) atoms. The number of carboxylic acids is 2. The van der Waals surface area contributed by atoms with Crippen molar-refractivity contribution in [1.29, 1.82) is 0 Å². The zero-order valence-corrected chi connectivity index (χ0v) is 15.1. The molecule has 0 aliphatic rings.